The molecule has 12 nitrogen and oxygen atoms in total. The number of aryl methyl sites for hydroxylation is 1. The number of likely N-dealkylation sites (N-methyl/N-ethyl adjacent to an activating group) is 1. The van der Waals surface area contributed by atoms with Gasteiger partial charge in [-0.15, -0.1) is 11.3 Å². The first-order chi connectivity index (χ1) is 33.6. The highest BCUT2D eigenvalue weighted by Gasteiger charge is 2.44. The topological polar surface area (TPSA) is 161 Å². The number of carbonyl (C=O) groups is 4. The fraction of sp³-hybridized carbons (Fsp3) is 0.421. The molecule has 4 amide bonds. The van der Waals surface area contributed by atoms with E-state index in [0.29, 0.717) is 26.0 Å². The van der Waals surface area contributed by atoms with Crippen molar-refractivity contribution in [3.8, 4) is 21.9 Å². The molecule has 2 heterocycles. The summed E-state index contributed by atoms with van der Waals surface area (Å²) in [6.45, 7) is 10.9. The van der Waals surface area contributed by atoms with E-state index in [-0.39, 0.29) is 55.3 Å². The van der Waals surface area contributed by atoms with E-state index < -0.39 is 23.6 Å². The maximum atomic E-state index is 14.0. The van der Waals surface area contributed by atoms with E-state index in [1.165, 1.54) is 10.5 Å². The minimum Gasteiger partial charge on any atom is -0.508 e. The van der Waals surface area contributed by atoms with Crippen LogP contribution in [0.2, 0.25) is 0 Å². The van der Waals surface area contributed by atoms with Crippen molar-refractivity contribution in [2.75, 3.05) is 26.7 Å². The van der Waals surface area contributed by atoms with Gasteiger partial charge < -0.3 is 35.4 Å². The van der Waals surface area contributed by atoms with Crippen molar-refractivity contribution in [2.45, 2.75) is 124 Å². The summed E-state index contributed by atoms with van der Waals surface area (Å²) in [6, 6.07) is 31.9. The highest BCUT2D eigenvalue weighted by atomic mass is 32.1. The largest absolute Gasteiger partial charge is 0.508 e. The zero-order valence-electron chi connectivity index (χ0n) is 41.7. The second-order valence-corrected chi connectivity index (χ2v) is 20.2. The van der Waals surface area contributed by atoms with Gasteiger partial charge in [0.2, 0.25) is 23.6 Å². The zero-order chi connectivity index (χ0) is 50.2. The van der Waals surface area contributed by atoms with Crippen molar-refractivity contribution < 1.29 is 34.1 Å². The molecule has 1 aliphatic heterocycles. The third-order valence-corrected chi connectivity index (χ3v) is 13.9. The van der Waals surface area contributed by atoms with Gasteiger partial charge >= 0.3 is 0 Å². The molecule has 13 heteroatoms. The Morgan fingerprint density at radius 2 is 1.47 bits per heavy atom. The molecule has 1 aromatic heterocycles. The molecule has 6 rings (SSSR count). The smallest absolute Gasteiger partial charge is 0.246 e. The first-order valence-corrected chi connectivity index (χ1v) is 25.6. The van der Waals surface area contributed by atoms with Gasteiger partial charge in [-0.1, -0.05) is 132 Å². The molecule has 5 aromatic rings. The van der Waals surface area contributed by atoms with Gasteiger partial charge in [-0.2, -0.15) is 0 Å². The number of amides is 4. The van der Waals surface area contributed by atoms with Gasteiger partial charge in [0.1, 0.15) is 30.2 Å². The number of aliphatic hydroxyl groups excluding tert-OH is 1. The van der Waals surface area contributed by atoms with Gasteiger partial charge in [0.25, 0.3) is 0 Å². The van der Waals surface area contributed by atoms with Gasteiger partial charge in [0, 0.05) is 39.4 Å². The molecule has 0 radical (unpaired) electrons. The number of aromatic hydroxyl groups is 1. The van der Waals surface area contributed by atoms with Crippen LogP contribution < -0.4 is 15.4 Å². The van der Waals surface area contributed by atoms with Crippen molar-refractivity contribution >= 4 is 46.1 Å². The number of phenolic OH excluding ortho intramolecular Hbond substituents is 1. The lowest BCUT2D eigenvalue weighted by Crippen LogP contribution is -2.57. The third-order valence-electron chi connectivity index (χ3n) is 13.0. The Bertz CT molecular complexity index is 2520. The monoisotopic (exact) mass is 970 g/mol. The van der Waals surface area contributed by atoms with Crippen LogP contribution in [0.3, 0.4) is 0 Å². The molecule has 3 atom stereocenters. The van der Waals surface area contributed by atoms with Crippen molar-refractivity contribution in [2.24, 2.45) is 5.41 Å². The normalized spacial score (nSPS) is 15.5. The van der Waals surface area contributed by atoms with Crippen LogP contribution in [-0.4, -0.2) is 93.6 Å². The molecule has 0 saturated carbocycles. The molecular weight excluding hydrogens is 899 g/mol. The Kier molecular flexibility index (Phi) is 19.3. The number of hydrogen-bond acceptors (Lipinski definition) is 9. The minimum atomic E-state index is -0.869. The highest BCUT2D eigenvalue weighted by Crippen LogP contribution is 2.36. The highest BCUT2D eigenvalue weighted by molar-refractivity contribution is 7.13. The molecule has 70 heavy (non-hydrogen) atoms. The van der Waals surface area contributed by atoms with E-state index in [9.17, 15) is 29.4 Å². The number of unbranched alkanes of at least 4 members (excludes halogenated alkanes) is 5. The number of hydrogen-bond donors (Lipinski definition) is 4. The molecule has 1 saturated heterocycles. The maximum absolute atomic E-state index is 14.0. The summed E-state index contributed by atoms with van der Waals surface area (Å²) in [5.74, 6) is 0.0908. The molecular formula is C57H71N5O7S. The van der Waals surface area contributed by atoms with Crippen molar-refractivity contribution in [3.63, 3.8) is 0 Å². The predicted molar refractivity (Wildman–Crippen MR) is 279 cm³/mol. The number of benzene rings is 4. The fourth-order valence-corrected chi connectivity index (χ4v) is 9.74. The summed E-state index contributed by atoms with van der Waals surface area (Å²) in [6.07, 6.45) is 5.95. The molecule has 1 aliphatic rings. The Balaban J connectivity index is 0.869. The van der Waals surface area contributed by atoms with E-state index in [1.54, 1.807) is 35.4 Å². The van der Waals surface area contributed by atoms with Gasteiger partial charge in [-0.05, 0) is 94.8 Å². The number of ether oxygens (including phenoxy) is 1. The standard InChI is InChI=1S/C57H71N5O7S/c1-7-48(41-17-13-12-14-18-41)52(42-25-29-45(63)30-26-42)43-27-31-47(32-28-43)69-34-33-61(6)51(66)20-16-11-9-8-10-15-19-50(65)60-54(57(3,4)5)56(68)62-37-46(64)35-49(62)55(67)58-36-40-21-23-44(24-22-40)53-39(2)59-38-70-53/h12-14,17-18,21-32,38,46,49,54,63-64H,7-11,15-16,19-20,33-37H2,1-6H3,(H,58,67)(H,60,65)/b52-48+/t46-,49+,54-/m1/s1. The first kappa shape index (κ1) is 53.0. The molecule has 0 spiro atoms. The van der Waals surface area contributed by atoms with Crippen molar-refractivity contribution in [1.82, 2.24) is 25.4 Å². The van der Waals surface area contributed by atoms with Gasteiger partial charge in [-0.25, -0.2) is 4.98 Å². The van der Waals surface area contributed by atoms with E-state index in [0.717, 1.165) is 88.2 Å². The summed E-state index contributed by atoms with van der Waals surface area (Å²) in [7, 11) is 1.81. The van der Waals surface area contributed by atoms with Crippen LogP contribution in [0.15, 0.2) is 109 Å². The Morgan fingerprint density at radius 1 is 0.843 bits per heavy atom. The second-order valence-electron chi connectivity index (χ2n) is 19.4. The number of phenols is 1. The van der Waals surface area contributed by atoms with Crippen molar-refractivity contribution in [3.05, 3.63) is 137 Å². The summed E-state index contributed by atoms with van der Waals surface area (Å²) in [5, 5.41) is 26.5. The first-order valence-electron chi connectivity index (χ1n) is 24.7. The molecule has 4 N–H and O–H groups in total. The molecule has 0 bridgehead atoms. The minimum absolute atomic E-state index is 0.0218. The lowest BCUT2D eigenvalue weighted by atomic mass is 9.85. The molecule has 4 aromatic carbocycles. The number of aromatic nitrogens is 1. The van der Waals surface area contributed by atoms with Crippen LogP contribution in [0.5, 0.6) is 11.5 Å². The second kappa shape index (κ2) is 25.5. The Hall–Kier alpha value is -6.31. The lowest BCUT2D eigenvalue weighted by Gasteiger charge is -2.35. The quantitative estimate of drug-likeness (QED) is 0.0372. The number of allylic oxidation sites excluding steroid dienone is 1. The van der Waals surface area contributed by atoms with E-state index in [1.807, 2.05) is 99.9 Å². The van der Waals surface area contributed by atoms with Crippen LogP contribution in [-0.2, 0) is 25.7 Å². The summed E-state index contributed by atoms with van der Waals surface area (Å²) < 4.78 is 6.06. The van der Waals surface area contributed by atoms with E-state index >= 15 is 0 Å². The number of nitrogens with one attached hydrogen (secondary N) is 2. The van der Waals surface area contributed by atoms with Gasteiger partial charge in [0.15, 0.2) is 0 Å². The molecule has 372 valence electrons. The van der Waals surface area contributed by atoms with E-state index in [4.69, 9.17) is 4.74 Å². The fourth-order valence-electron chi connectivity index (χ4n) is 8.92. The number of nitrogens with zero attached hydrogens (tertiary/aromatic N) is 3. The molecule has 1 fully saturated rings. The average Bonchev–Trinajstić information content (AvgIpc) is 3.97. The Morgan fingerprint density at radius 3 is 2.09 bits per heavy atom. The number of β-amino-alcohol motifs (C(OH)–C–C–N with tert-alkyl or cyclic N) is 1. The number of aliphatic hydroxyl groups is 1. The van der Waals surface area contributed by atoms with Gasteiger partial charge in [0.05, 0.1) is 28.7 Å². The molecule has 0 aliphatic carbocycles. The summed E-state index contributed by atoms with van der Waals surface area (Å²) in [5.41, 5.74) is 9.66. The number of thiazole rings is 1. The zero-order valence-corrected chi connectivity index (χ0v) is 42.5. The van der Waals surface area contributed by atoms with Crippen LogP contribution >= 0.6 is 11.3 Å². The van der Waals surface area contributed by atoms with E-state index in [2.05, 4.69) is 46.8 Å². The summed E-state index contributed by atoms with van der Waals surface area (Å²) in [4.78, 5) is 62.2. The predicted octanol–water partition coefficient (Wildman–Crippen LogP) is 9.96. The van der Waals surface area contributed by atoms with Crippen molar-refractivity contribution in [1.29, 1.82) is 0 Å². The van der Waals surface area contributed by atoms with Gasteiger partial charge in [-0.3, -0.25) is 19.2 Å². The van der Waals surface area contributed by atoms with Crippen LogP contribution in [0, 0.1) is 12.3 Å². The Labute approximate surface area is 418 Å². The SMILES string of the molecule is CC/C(=C(/c1ccc(O)cc1)c1ccc(OCCN(C)C(=O)CCCCCCCCC(=O)N[C@H](C(=O)N2C[C@H](O)C[C@H]2C(=O)NCc2ccc(-c3scnc3C)cc2)C(C)(C)C)cc1)c1ccccc1. The third kappa shape index (κ3) is 14.9. The number of carbonyl (C=O) groups excluding carboxylic acids is 4. The molecule has 0 unspecified atom stereocenters. The van der Waals surface area contributed by atoms with Crippen LogP contribution in [0.1, 0.15) is 120 Å². The van der Waals surface area contributed by atoms with Crippen LogP contribution in [0.4, 0.5) is 0 Å². The number of likely N-dealkylation sites (tertiary alicyclic amines) is 1. The maximum Gasteiger partial charge on any atom is 0.246 e. The lowest BCUT2D eigenvalue weighted by molar-refractivity contribution is -0.144. The number of rotatable bonds is 23. The summed E-state index contributed by atoms with van der Waals surface area (Å²) >= 11 is 1.58. The van der Waals surface area contributed by atoms with Crippen LogP contribution in [0.25, 0.3) is 21.6 Å². The average molecular weight is 970 g/mol.